The monoisotopic (exact) mass is 428 g/mol. The smallest absolute Gasteiger partial charge is 0.242 e. The number of rotatable bonds is 10. The highest BCUT2D eigenvalue weighted by molar-refractivity contribution is 5.88. The molecule has 32 heavy (non-hydrogen) atoms. The topological polar surface area (TPSA) is 49.4 Å². The van der Waals surface area contributed by atoms with Crippen LogP contribution >= 0.6 is 0 Å². The molecule has 1 atom stereocenters. The van der Waals surface area contributed by atoms with Crippen molar-refractivity contribution in [3.63, 3.8) is 0 Å². The maximum Gasteiger partial charge on any atom is 0.242 e. The molecule has 3 aromatic rings. The van der Waals surface area contributed by atoms with E-state index in [1.807, 2.05) is 61.5 Å². The molecule has 4 heteroatoms. The van der Waals surface area contributed by atoms with E-state index in [9.17, 15) is 9.59 Å². The van der Waals surface area contributed by atoms with Crippen molar-refractivity contribution < 1.29 is 9.59 Å². The quantitative estimate of drug-likeness (QED) is 0.504. The van der Waals surface area contributed by atoms with E-state index in [1.165, 1.54) is 0 Å². The Morgan fingerprint density at radius 2 is 1.31 bits per heavy atom. The van der Waals surface area contributed by atoms with Gasteiger partial charge in [0.2, 0.25) is 11.8 Å². The van der Waals surface area contributed by atoms with Crippen LogP contribution in [0.15, 0.2) is 91.0 Å². The molecule has 0 radical (unpaired) electrons. The average molecular weight is 429 g/mol. The summed E-state index contributed by atoms with van der Waals surface area (Å²) in [4.78, 5) is 28.1. The van der Waals surface area contributed by atoms with Gasteiger partial charge < -0.3 is 10.2 Å². The number of benzene rings is 3. The molecule has 3 aromatic carbocycles. The highest BCUT2D eigenvalue weighted by atomic mass is 16.2. The molecule has 1 unspecified atom stereocenters. The molecule has 0 saturated heterocycles. The molecule has 0 heterocycles. The van der Waals surface area contributed by atoms with Crippen LogP contribution in [-0.4, -0.2) is 36.3 Å². The number of amides is 2. The summed E-state index contributed by atoms with van der Waals surface area (Å²) >= 11 is 0. The fourth-order valence-electron chi connectivity index (χ4n) is 4.15. The van der Waals surface area contributed by atoms with Gasteiger partial charge in [0, 0.05) is 25.9 Å². The molecular weight excluding hydrogens is 396 g/mol. The van der Waals surface area contributed by atoms with Crippen LogP contribution in [0.4, 0.5) is 0 Å². The first-order valence-corrected chi connectivity index (χ1v) is 11.3. The van der Waals surface area contributed by atoms with Crippen molar-refractivity contribution in [3.05, 3.63) is 108 Å². The predicted molar refractivity (Wildman–Crippen MR) is 129 cm³/mol. The zero-order valence-corrected chi connectivity index (χ0v) is 18.9. The minimum absolute atomic E-state index is 0.00547. The van der Waals surface area contributed by atoms with E-state index in [4.69, 9.17) is 0 Å². The minimum Gasteiger partial charge on any atom is -0.357 e. The van der Waals surface area contributed by atoms with Gasteiger partial charge in [-0.3, -0.25) is 9.59 Å². The van der Waals surface area contributed by atoms with Crippen LogP contribution in [0.25, 0.3) is 0 Å². The molecule has 0 fully saturated rings. The largest absolute Gasteiger partial charge is 0.357 e. The van der Waals surface area contributed by atoms with Gasteiger partial charge in [0.1, 0.15) is 6.04 Å². The maximum absolute atomic E-state index is 13.7. The van der Waals surface area contributed by atoms with E-state index in [-0.39, 0.29) is 17.7 Å². The molecule has 4 nitrogen and oxygen atoms in total. The lowest BCUT2D eigenvalue weighted by Gasteiger charge is -2.32. The molecular formula is C28H32N2O2. The van der Waals surface area contributed by atoms with E-state index in [1.54, 1.807) is 11.9 Å². The normalized spacial score (nSPS) is 11.7. The third kappa shape index (κ3) is 6.07. The molecule has 166 valence electrons. The van der Waals surface area contributed by atoms with Crippen molar-refractivity contribution in [1.82, 2.24) is 10.2 Å². The first-order valence-electron chi connectivity index (χ1n) is 11.3. The van der Waals surface area contributed by atoms with Crippen molar-refractivity contribution in [2.75, 3.05) is 13.6 Å². The summed E-state index contributed by atoms with van der Waals surface area (Å²) in [5.74, 6) is -0.190. The molecule has 0 aromatic heterocycles. The Hall–Kier alpha value is -3.40. The van der Waals surface area contributed by atoms with Crippen LogP contribution in [0.3, 0.4) is 0 Å². The number of hydrogen-bond acceptors (Lipinski definition) is 2. The van der Waals surface area contributed by atoms with E-state index in [0.29, 0.717) is 25.8 Å². The van der Waals surface area contributed by atoms with Gasteiger partial charge in [-0.15, -0.1) is 0 Å². The molecule has 0 aliphatic rings. The number of carbonyl (C=O) groups is 2. The number of hydrogen-bond donors (Lipinski definition) is 1. The summed E-state index contributed by atoms with van der Waals surface area (Å²) in [6.07, 6.45) is 1.60. The second-order valence-electron chi connectivity index (χ2n) is 7.94. The van der Waals surface area contributed by atoms with Crippen LogP contribution in [0.1, 0.15) is 42.4 Å². The second kappa shape index (κ2) is 11.8. The summed E-state index contributed by atoms with van der Waals surface area (Å²) in [6, 6.07) is 29.8. The molecule has 0 bridgehead atoms. The summed E-state index contributed by atoms with van der Waals surface area (Å²) in [7, 11) is 1.63. The Kier molecular flexibility index (Phi) is 8.61. The standard InChI is InChI=1S/C28H32N2O2/c1-3-26(28(32)29-2)30(20-19-22-13-7-4-8-14-22)27(31)21-25(23-15-9-5-10-16-23)24-17-11-6-12-18-24/h4-18,25-26H,3,19-21H2,1-2H3,(H,29,32). The van der Waals surface area contributed by atoms with Gasteiger partial charge in [0.15, 0.2) is 0 Å². The van der Waals surface area contributed by atoms with Crippen molar-refractivity contribution in [2.45, 2.75) is 38.1 Å². The Morgan fingerprint density at radius 3 is 1.78 bits per heavy atom. The van der Waals surface area contributed by atoms with Crippen molar-refractivity contribution >= 4 is 11.8 Å². The first kappa shape index (κ1) is 23.3. The fourth-order valence-corrected chi connectivity index (χ4v) is 4.15. The van der Waals surface area contributed by atoms with Gasteiger partial charge in [-0.25, -0.2) is 0 Å². The van der Waals surface area contributed by atoms with E-state index in [0.717, 1.165) is 16.7 Å². The third-order valence-electron chi connectivity index (χ3n) is 5.90. The molecule has 0 aliphatic heterocycles. The van der Waals surface area contributed by atoms with Gasteiger partial charge in [-0.2, -0.15) is 0 Å². The molecule has 0 saturated carbocycles. The fraction of sp³-hybridized carbons (Fsp3) is 0.286. The number of likely N-dealkylation sites (N-methyl/N-ethyl adjacent to an activating group) is 1. The Bertz CT molecular complexity index is 935. The molecule has 2 amide bonds. The Labute approximate surface area is 191 Å². The van der Waals surface area contributed by atoms with Gasteiger partial charge in [0.25, 0.3) is 0 Å². The van der Waals surface area contributed by atoms with Crippen LogP contribution in [0.2, 0.25) is 0 Å². The highest BCUT2D eigenvalue weighted by Crippen LogP contribution is 2.29. The summed E-state index contributed by atoms with van der Waals surface area (Å²) in [5, 5.41) is 2.73. The third-order valence-corrected chi connectivity index (χ3v) is 5.90. The average Bonchev–Trinajstić information content (AvgIpc) is 2.86. The molecule has 0 spiro atoms. The Morgan fingerprint density at radius 1 is 0.812 bits per heavy atom. The number of nitrogens with one attached hydrogen (secondary N) is 1. The highest BCUT2D eigenvalue weighted by Gasteiger charge is 2.30. The molecule has 0 aliphatic carbocycles. The predicted octanol–water partition coefficient (Wildman–Crippen LogP) is 4.80. The summed E-state index contributed by atoms with van der Waals surface area (Å²) in [5.41, 5.74) is 3.35. The van der Waals surface area contributed by atoms with E-state index >= 15 is 0 Å². The Balaban J connectivity index is 1.88. The van der Waals surface area contributed by atoms with Crippen molar-refractivity contribution in [3.8, 4) is 0 Å². The molecule has 3 rings (SSSR count). The zero-order chi connectivity index (χ0) is 22.8. The summed E-state index contributed by atoms with van der Waals surface area (Å²) in [6.45, 7) is 2.46. The summed E-state index contributed by atoms with van der Waals surface area (Å²) < 4.78 is 0. The maximum atomic E-state index is 13.7. The van der Waals surface area contributed by atoms with Crippen molar-refractivity contribution in [1.29, 1.82) is 0 Å². The van der Waals surface area contributed by atoms with Crippen LogP contribution < -0.4 is 5.32 Å². The zero-order valence-electron chi connectivity index (χ0n) is 18.9. The lowest BCUT2D eigenvalue weighted by Crippen LogP contribution is -2.49. The second-order valence-corrected chi connectivity index (χ2v) is 7.94. The van der Waals surface area contributed by atoms with E-state index < -0.39 is 6.04 Å². The van der Waals surface area contributed by atoms with Crippen LogP contribution in [0, 0.1) is 0 Å². The first-order chi connectivity index (χ1) is 15.6. The van der Waals surface area contributed by atoms with Gasteiger partial charge in [-0.05, 0) is 29.5 Å². The molecule has 1 N–H and O–H groups in total. The van der Waals surface area contributed by atoms with Crippen LogP contribution in [-0.2, 0) is 16.0 Å². The number of nitrogens with zero attached hydrogens (tertiary/aromatic N) is 1. The van der Waals surface area contributed by atoms with E-state index in [2.05, 4.69) is 41.7 Å². The van der Waals surface area contributed by atoms with Gasteiger partial charge >= 0.3 is 0 Å². The van der Waals surface area contributed by atoms with Crippen molar-refractivity contribution in [2.24, 2.45) is 0 Å². The number of carbonyl (C=O) groups excluding carboxylic acids is 2. The minimum atomic E-state index is -0.483. The van der Waals surface area contributed by atoms with Crippen LogP contribution in [0.5, 0.6) is 0 Å². The SMILES string of the molecule is CCC(C(=O)NC)N(CCc1ccccc1)C(=O)CC(c1ccccc1)c1ccccc1. The lowest BCUT2D eigenvalue weighted by atomic mass is 9.88. The lowest BCUT2D eigenvalue weighted by molar-refractivity contribution is -0.140. The van der Waals surface area contributed by atoms with Gasteiger partial charge in [0.05, 0.1) is 0 Å². The van der Waals surface area contributed by atoms with Gasteiger partial charge in [-0.1, -0.05) is 97.9 Å².